The van der Waals surface area contributed by atoms with E-state index < -0.39 is 0 Å². The molecule has 0 fully saturated rings. The topological polar surface area (TPSA) is 32.3 Å². The molecule has 1 atom stereocenters. The van der Waals surface area contributed by atoms with Gasteiger partial charge in [-0.25, -0.2) is 0 Å². The smallest absolute Gasteiger partial charge is 0.0673 e. The summed E-state index contributed by atoms with van der Waals surface area (Å²) >= 11 is 0. The number of nitrogens with one attached hydrogen (secondary N) is 1. The molecule has 0 heterocycles. The van der Waals surface area contributed by atoms with E-state index in [2.05, 4.69) is 31.0 Å². The van der Waals surface area contributed by atoms with Gasteiger partial charge < -0.3 is 10.4 Å². The first-order chi connectivity index (χ1) is 6.16. The Morgan fingerprint density at radius 3 is 2.54 bits per heavy atom. The molecule has 2 nitrogen and oxygen atoms in total. The Labute approximate surface area is 81.7 Å². The summed E-state index contributed by atoms with van der Waals surface area (Å²) in [5.41, 5.74) is 0. The molecule has 0 spiro atoms. The fraction of sp³-hybridized carbons (Fsp3) is 0.818. The zero-order valence-corrected chi connectivity index (χ0v) is 8.93. The van der Waals surface area contributed by atoms with Crippen LogP contribution >= 0.6 is 0 Å². The number of aliphatic hydroxyl groups is 1. The Balaban J connectivity index is 3.28. The minimum Gasteiger partial charge on any atom is -0.392 e. The van der Waals surface area contributed by atoms with Gasteiger partial charge in [0.05, 0.1) is 6.10 Å². The maximum Gasteiger partial charge on any atom is 0.0673 e. The van der Waals surface area contributed by atoms with Crippen molar-refractivity contribution in [3.63, 3.8) is 0 Å². The standard InChI is InChI=1S/C11H21NO/c1-4-5-6-7-11(13)9-12-8-10(2)3/h10-13H,6-9H2,1-3H3. The molecular formula is C11H21NO. The molecule has 76 valence electrons. The van der Waals surface area contributed by atoms with Crippen molar-refractivity contribution in [2.75, 3.05) is 13.1 Å². The highest BCUT2D eigenvalue weighted by Crippen LogP contribution is 1.95. The molecule has 0 aliphatic rings. The van der Waals surface area contributed by atoms with E-state index in [1.165, 1.54) is 0 Å². The molecule has 0 aromatic heterocycles. The zero-order chi connectivity index (χ0) is 10.1. The van der Waals surface area contributed by atoms with E-state index in [0.29, 0.717) is 12.5 Å². The van der Waals surface area contributed by atoms with Crippen LogP contribution in [-0.4, -0.2) is 24.3 Å². The summed E-state index contributed by atoms with van der Waals surface area (Å²) in [5.74, 6) is 6.40. The second-order valence-corrected chi connectivity index (χ2v) is 3.67. The van der Waals surface area contributed by atoms with Crippen molar-refractivity contribution in [3.8, 4) is 11.8 Å². The van der Waals surface area contributed by atoms with Gasteiger partial charge >= 0.3 is 0 Å². The summed E-state index contributed by atoms with van der Waals surface area (Å²) < 4.78 is 0. The fourth-order valence-electron chi connectivity index (χ4n) is 1.00. The molecule has 0 aromatic carbocycles. The van der Waals surface area contributed by atoms with Crippen LogP contribution in [0.5, 0.6) is 0 Å². The van der Waals surface area contributed by atoms with Crippen LogP contribution in [-0.2, 0) is 0 Å². The van der Waals surface area contributed by atoms with Gasteiger partial charge in [-0.3, -0.25) is 0 Å². The van der Waals surface area contributed by atoms with E-state index in [1.54, 1.807) is 0 Å². The molecular weight excluding hydrogens is 162 g/mol. The third-order valence-corrected chi connectivity index (χ3v) is 1.71. The largest absolute Gasteiger partial charge is 0.392 e. The lowest BCUT2D eigenvalue weighted by atomic mass is 10.2. The Bertz CT molecular complexity index is 167. The molecule has 0 aliphatic heterocycles. The predicted octanol–water partition coefficient (Wildman–Crippen LogP) is 1.40. The lowest BCUT2D eigenvalue weighted by Gasteiger charge is -2.11. The van der Waals surface area contributed by atoms with Crippen molar-refractivity contribution in [2.45, 2.75) is 39.7 Å². The second kappa shape index (κ2) is 8.10. The molecule has 2 heteroatoms. The molecule has 0 rings (SSSR count). The van der Waals surface area contributed by atoms with Gasteiger partial charge in [0.1, 0.15) is 0 Å². The summed E-state index contributed by atoms with van der Waals surface area (Å²) in [5, 5.41) is 12.7. The zero-order valence-electron chi connectivity index (χ0n) is 8.93. The van der Waals surface area contributed by atoms with Crippen LogP contribution in [0, 0.1) is 17.8 Å². The summed E-state index contributed by atoms with van der Waals surface area (Å²) in [6, 6.07) is 0. The SMILES string of the molecule is CC#CCCC(O)CNCC(C)C. The molecule has 0 aliphatic carbocycles. The molecule has 2 N–H and O–H groups in total. The number of aliphatic hydroxyl groups excluding tert-OH is 1. The maximum atomic E-state index is 9.46. The molecule has 0 radical (unpaired) electrons. The van der Waals surface area contributed by atoms with Gasteiger partial charge in [-0.2, -0.15) is 0 Å². The quantitative estimate of drug-likeness (QED) is 0.610. The monoisotopic (exact) mass is 183 g/mol. The van der Waals surface area contributed by atoms with Gasteiger partial charge in [-0.05, 0) is 25.8 Å². The first kappa shape index (κ1) is 12.5. The van der Waals surface area contributed by atoms with Gasteiger partial charge in [-0.1, -0.05) is 13.8 Å². The van der Waals surface area contributed by atoms with Crippen molar-refractivity contribution in [1.29, 1.82) is 0 Å². The van der Waals surface area contributed by atoms with Gasteiger partial charge in [0.15, 0.2) is 0 Å². The van der Waals surface area contributed by atoms with Gasteiger partial charge in [0, 0.05) is 13.0 Å². The maximum absolute atomic E-state index is 9.46. The van der Waals surface area contributed by atoms with Crippen LogP contribution < -0.4 is 5.32 Å². The molecule has 0 aromatic rings. The summed E-state index contributed by atoms with van der Waals surface area (Å²) in [6.07, 6.45) is 1.31. The van der Waals surface area contributed by atoms with Crippen molar-refractivity contribution >= 4 is 0 Å². The minimum atomic E-state index is -0.250. The van der Waals surface area contributed by atoms with E-state index in [0.717, 1.165) is 19.4 Å². The van der Waals surface area contributed by atoms with Crippen molar-refractivity contribution in [3.05, 3.63) is 0 Å². The predicted molar refractivity (Wildman–Crippen MR) is 56.4 cm³/mol. The highest BCUT2D eigenvalue weighted by molar-refractivity contribution is 4.95. The Hall–Kier alpha value is -0.520. The van der Waals surface area contributed by atoms with Crippen molar-refractivity contribution in [2.24, 2.45) is 5.92 Å². The minimum absolute atomic E-state index is 0.250. The molecule has 0 saturated heterocycles. The lowest BCUT2D eigenvalue weighted by molar-refractivity contribution is 0.162. The summed E-state index contributed by atoms with van der Waals surface area (Å²) in [7, 11) is 0. The van der Waals surface area contributed by atoms with E-state index in [1.807, 2.05) is 6.92 Å². The molecule has 1 unspecified atom stereocenters. The fourth-order valence-corrected chi connectivity index (χ4v) is 1.00. The van der Waals surface area contributed by atoms with E-state index in [9.17, 15) is 5.11 Å². The highest BCUT2D eigenvalue weighted by Gasteiger charge is 2.02. The number of rotatable bonds is 6. The third-order valence-electron chi connectivity index (χ3n) is 1.71. The Morgan fingerprint density at radius 2 is 2.00 bits per heavy atom. The van der Waals surface area contributed by atoms with Crippen LogP contribution in [0.1, 0.15) is 33.6 Å². The van der Waals surface area contributed by atoms with Crippen molar-refractivity contribution in [1.82, 2.24) is 5.32 Å². The first-order valence-corrected chi connectivity index (χ1v) is 4.95. The third kappa shape index (κ3) is 9.39. The lowest BCUT2D eigenvalue weighted by Crippen LogP contribution is -2.29. The number of hydrogen-bond donors (Lipinski definition) is 2. The molecule has 0 bridgehead atoms. The Kier molecular flexibility index (Phi) is 7.77. The summed E-state index contributed by atoms with van der Waals surface area (Å²) in [4.78, 5) is 0. The van der Waals surface area contributed by atoms with Crippen LogP contribution in [0.15, 0.2) is 0 Å². The average Bonchev–Trinajstić information content (AvgIpc) is 2.04. The van der Waals surface area contributed by atoms with E-state index in [-0.39, 0.29) is 6.10 Å². The highest BCUT2D eigenvalue weighted by atomic mass is 16.3. The molecule has 0 amide bonds. The van der Waals surface area contributed by atoms with Gasteiger partial charge in [0.25, 0.3) is 0 Å². The second-order valence-electron chi connectivity index (χ2n) is 3.67. The van der Waals surface area contributed by atoms with Gasteiger partial charge in [-0.15, -0.1) is 11.8 Å². The van der Waals surface area contributed by atoms with Crippen LogP contribution in [0.3, 0.4) is 0 Å². The average molecular weight is 183 g/mol. The normalized spacial score (nSPS) is 12.4. The van der Waals surface area contributed by atoms with Gasteiger partial charge in [0.2, 0.25) is 0 Å². The van der Waals surface area contributed by atoms with Crippen molar-refractivity contribution < 1.29 is 5.11 Å². The Morgan fingerprint density at radius 1 is 1.31 bits per heavy atom. The van der Waals surface area contributed by atoms with Crippen LogP contribution in [0.2, 0.25) is 0 Å². The molecule has 0 saturated carbocycles. The first-order valence-electron chi connectivity index (χ1n) is 4.95. The van der Waals surface area contributed by atoms with E-state index in [4.69, 9.17) is 0 Å². The van der Waals surface area contributed by atoms with Crippen LogP contribution in [0.4, 0.5) is 0 Å². The molecule has 13 heavy (non-hydrogen) atoms. The van der Waals surface area contributed by atoms with Crippen LogP contribution in [0.25, 0.3) is 0 Å². The number of hydrogen-bond acceptors (Lipinski definition) is 2. The van der Waals surface area contributed by atoms with E-state index >= 15 is 0 Å². The summed E-state index contributed by atoms with van der Waals surface area (Å²) in [6.45, 7) is 7.79.